The normalized spacial score (nSPS) is 14.0. The number of phosphoric ester groups is 2. The Balaban J connectivity index is 5.17. The highest BCUT2D eigenvalue weighted by Gasteiger charge is 2.30. The minimum absolute atomic E-state index is 0.106. The van der Waals surface area contributed by atoms with Crippen molar-refractivity contribution in [1.82, 2.24) is 0 Å². The van der Waals surface area contributed by atoms with Gasteiger partial charge in [0.2, 0.25) is 0 Å². The second-order valence-corrected chi connectivity index (χ2v) is 32.0. The summed E-state index contributed by atoms with van der Waals surface area (Å²) < 4.78 is 68.5. The zero-order chi connectivity index (χ0) is 71.4. The van der Waals surface area contributed by atoms with Gasteiger partial charge in [-0.3, -0.25) is 37.3 Å². The molecule has 0 aliphatic heterocycles. The van der Waals surface area contributed by atoms with Crippen molar-refractivity contribution < 1.29 is 80.2 Å². The number of ether oxygens (including phenoxy) is 4. The summed E-state index contributed by atoms with van der Waals surface area (Å²) in [5.74, 6) is -0.531. The third-order valence-corrected chi connectivity index (χ3v) is 20.1. The van der Waals surface area contributed by atoms with E-state index in [0.29, 0.717) is 25.7 Å². The summed E-state index contributed by atoms with van der Waals surface area (Å²) in [6, 6.07) is 0. The lowest BCUT2D eigenvalue weighted by molar-refractivity contribution is -0.161. The van der Waals surface area contributed by atoms with E-state index in [1.165, 1.54) is 212 Å². The molecule has 97 heavy (non-hydrogen) atoms. The molecule has 17 nitrogen and oxygen atoms in total. The number of esters is 4. The maximum atomic E-state index is 13.1. The van der Waals surface area contributed by atoms with E-state index in [4.69, 9.17) is 37.0 Å². The van der Waals surface area contributed by atoms with Gasteiger partial charge in [0.15, 0.2) is 12.2 Å². The van der Waals surface area contributed by atoms with Gasteiger partial charge in [0.25, 0.3) is 0 Å². The Labute approximate surface area is 594 Å². The molecule has 19 heteroatoms. The van der Waals surface area contributed by atoms with Crippen molar-refractivity contribution in [3.63, 3.8) is 0 Å². The predicted octanol–water partition coefficient (Wildman–Crippen LogP) is 23.1. The van der Waals surface area contributed by atoms with E-state index in [9.17, 15) is 43.2 Å². The molecular weight excluding hydrogens is 1270 g/mol. The summed E-state index contributed by atoms with van der Waals surface area (Å²) in [6.45, 7) is 9.61. The lowest BCUT2D eigenvalue weighted by Gasteiger charge is -2.21. The third-order valence-electron chi connectivity index (χ3n) is 18.2. The monoisotopic (exact) mass is 1420 g/mol. The number of aliphatic hydroxyl groups excluding tert-OH is 1. The molecule has 0 saturated heterocycles. The Morgan fingerprint density at radius 1 is 0.278 bits per heavy atom. The van der Waals surface area contributed by atoms with Crippen molar-refractivity contribution in [2.24, 2.45) is 11.8 Å². The Morgan fingerprint density at radius 2 is 0.474 bits per heavy atom. The molecule has 0 aromatic carbocycles. The van der Waals surface area contributed by atoms with E-state index < -0.39 is 97.5 Å². The second-order valence-electron chi connectivity index (χ2n) is 29.1. The third kappa shape index (κ3) is 72.2. The predicted molar refractivity (Wildman–Crippen MR) is 395 cm³/mol. The second kappa shape index (κ2) is 69.8. The van der Waals surface area contributed by atoms with Crippen LogP contribution in [0.2, 0.25) is 0 Å². The fourth-order valence-electron chi connectivity index (χ4n) is 12.0. The first-order valence-corrected chi connectivity index (χ1v) is 43.5. The number of hydrogen-bond donors (Lipinski definition) is 3. The van der Waals surface area contributed by atoms with Gasteiger partial charge in [0.1, 0.15) is 19.3 Å². The molecule has 576 valence electrons. The van der Waals surface area contributed by atoms with Crippen LogP contribution in [-0.2, 0) is 65.4 Å². The highest BCUT2D eigenvalue weighted by Crippen LogP contribution is 2.45. The minimum Gasteiger partial charge on any atom is -0.462 e. The molecule has 0 aliphatic rings. The number of carbonyl (C=O) groups excluding carboxylic acids is 4. The molecule has 2 unspecified atom stereocenters. The van der Waals surface area contributed by atoms with E-state index in [2.05, 4.69) is 41.5 Å². The van der Waals surface area contributed by atoms with Crippen LogP contribution in [0.1, 0.15) is 408 Å². The molecule has 3 N–H and O–H groups in total. The van der Waals surface area contributed by atoms with Gasteiger partial charge in [-0.05, 0) is 37.5 Å². The number of rotatable bonds is 77. The van der Waals surface area contributed by atoms with Crippen LogP contribution in [0.25, 0.3) is 0 Å². The van der Waals surface area contributed by atoms with E-state index in [-0.39, 0.29) is 25.7 Å². The maximum absolute atomic E-state index is 13.1. The Morgan fingerprint density at radius 3 is 0.701 bits per heavy atom. The van der Waals surface area contributed by atoms with Crippen LogP contribution in [0.15, 0.2) is 0 Å². The molecule has 0 radical (unpaired) electrons. The fourth-order valence-corrected chi connectivity index (χ4v) is 13.6. The minimum atomic E-state index is -4.96. The molecule has 0 aromatic heterocycles. The Kier molecular flexibility index (Phi) is 68.4. The zero-order valence-electron chi connectivity index (χ0n) is 63.4. The van der Waals surface area contributed by atoms with Crippen molar-refractivity contribution in [2.75, 3.05) is 39.6 Å². The van der Waals surface area contributed by atoms with Crippen molar-refractivity contribution in [2.45, 2.75) is 426 Å². The van der Waals surface area contributed by atoms with Crippen LogP contribution in [-0.4, -0.2) is 96.7 Å². The Hall–Kier alpha value is -1.94. The average molecular weight is 1420 g/mol. The van der Waals surface area contributed by atoms with Crippen LogP contribution in [0, 0.1) is 11.8 Å². The summed E-state index contributed by atoms with van der Waals surface area (Å²) in [5.41, 5.74) is 0. The molecule has 0 aromatic rings. The smallest absolute Gasteiger partial charge is 0.462 e. The van der Waals surface area contributed by atoms with Crippen LogP contribution < -0.4 is 0 Å². The number of hydrogen-bond acceptors (Lipinski definition) is 15. The summed E-state index contributed by atoms with van der Waals surface area (Å²) >= 11 is 0. The highest BCUT2D eigenvalue weighted by molar-refractivity contribution is 7.47. The molecule has 5 atom stereocenters. The topological polar surface area (TPSA) is 237 Å². The first kappa shape index (κ1) is 95.1. The standard InChI is InChI=1S/C78H152O17P2/c1-7-9-11-13-15-16-17-18-23-27-32-37-43-49-55-61-76(81)89-67-74(95-77(82)62-56-50-44-38-33-28-25-22-20-19-21-24-26-30-35-41-46-52-58-70(3)4)69-93-97(86,87)91-65-72(79)64-90-96(84,85)92-68-73(66-88-75(80)60-54-48-40-14-12-10-8-2)94-78(83)63-57-51-45-39-34-29-31-36-42-47-53-59-71(5)6/h70-74,79H,7-69H2,1-6H3,(H,84,85)(H,86,87)/t72-,73+,74+/m0/s1. The summed E-state index contributed by atoms with van der Waals surface area (Å²) in [6.07, 6.45) is 58.4. The summed E-state index contributed by atoms with van der Waals surface area (Å²) in [4.78, 5) is 72.7. The van der Waals surface area contributed by atoms with Gasteiger partial charge in [-0.25, -0.2) is 9.13 Å². The zero-order valence-corrected chi connectivity index (χ0v) is 65.2. The number of unbranched alkanes of at least 4 members (excludes halogenated alkanes) is 47. The SMILES string of the molecule is CCCCCCCCCCCCCCCCCC(=O)OC[C@H](COP(=O)(O)OC[C@@H](O)COP(=O)(O)OC[C@@H](COC(=O)CCCCCCCCC)OC(=O)CCCCCCCCCCCCCC(C)C)OC(=O)CCCCCCCCCCCCCCCCCCCCC(C)C. The lowest BCUT2D eigenvalue weighted by atomic mass is 10.0. The van der Waals surface area contributed by atoms with E-state index in [1.54, 1.807) is 0 Å². The molecule has 0 fully saturated rings. The van der Waals surface area contributed by atoms with E-state index >= 15 is 0 Å². The van der Waals surface area contributed by atoms with Crippen LogP contribution in [0.5, 0.6) is 0 Å². The number of aliphatic hydroxyl groups is 1. The molecule has 0 heterocycles. The number of carbonyl (C=O) groups is 4. The first-order valence-electron chi connectivity index (χ1n) is 40.5. The molecule has 0 bridgehead atoms. The Bertz CT molecular complexity index is 1870. The van der Waals surface area contributed by atoms with Crippen molar-refractivity contribution >= 4 is 39.5 Å². The quantitative estimate of drug-likeness (QED) is 0.0222. The molecular formula is C78H152O17P2. The average Bonchev–Trinajstić information content (AvgIpc) is 1.70. The van der Waals surface area contributed by atoms with Crippen LogP contribution in [0.4, 0.5) is 0 Å². The fraction of sp³-hybridized carbons (Fsp3) is 0.949. The van der Waals surface area contributed by atoms with Gasteiger partial charge < -0.3 is 33.8 Å². The van der Waals surface area contributed by atoms with Crippen molar-refractivity contribution in [3.05, 3.63) is 0 Å². The summed E-state index contributed by atoms with van der Waals surface area (Å²) in [5, 5.41) is 10.6. The molecule has 0 rings (SSSR count). The molecule has 0 spiro atoms. The number of phosphoric acid groups is 2. The van der Waals surface area contributed by atoms with Gasteiger partial charge in [0.05, 0.1) is 26.4 Å². The molecule has 0 amide bonds. The van der Waals surface area contributed by atoms with Gasteiger partial charge in [0, 0.05) is 25.7 Å². The first-order chi connectivity index (χ1) is 46.9. The van der Waals surface area contributed by atoms with Gasteiger partial charge in [-0.1, -0.05) is 356 Å². The van der Waals surface area contributed by atoms with Gasteiger partial charge in [-0.2, -0.15) is 0 Å². The van der Waals surface area contributed by atoms with Gasteiger partial charge >= 0.3 is 39.5 Å². The maximum Gasteiger partial charge on any atom is 0.472 e. The largest absolute Gasteiger partial charge is 0.472 e. The van der Waals surface area contributed by atoms with Crippen LogP contribution >= 0.6 is 15.6 Å². The highest BCUT2D eigenvalue weighted by atomic mass is 31.2. The van der Waals surface area contributed by atoms with Crippen molar-refractivity contribution in [1.29, 1.82) is 0 Å². The van der Waals surface area contributed by atoms with E-state index in [1.807, 2.05) is 0 Å². The van der Waals surface area contributed by atoms with E-state index in [0.717, 1.165) is 115 Å². The van der Waals surface area contributed by atoms with Gasteiger partial charge in [-0.15, -0.1) is 0 Å². The molecule has 0 aliphatic carbocycles. The lowest BCUT2D eigenvalue weighted by Crippen LogP contribution is -2.30. The van der Waals surface area contributed by atoms with Crippen molar-refractivity contribution in [3.8, 4) is 0 Å². The molecule has 0 saturated carbocycles. The summed E-state index contributed by atoms with van der Waals surface area (Å²) in [7, 11) is -9.91. The van der Waals surface area contributed by atoms with Crippen LogP contribution in [0.3, 0.4) is 0 Å².